The summed E-state index contributed by atoms with van der Waals surface area (Å²) in [5.41, 5.74) is 0. The molecule has 2 rings (SSSR count). The van der Waals surface area contributed by atoms with Crippen LogP contribution in [0.15, 0.2) is 0 Å². The molecule has 1 N–H and O–H groups in total. The average Bonchev–Trinajstić information content (AvgIpc) is 2.50. The molecule has 0 aromatic rings. The molecule has 0 aromatic heterocycles. The van der Waals surface area contributed by atoms with Crippen molar-refractivity contribution in [3.05, 3.63) is 0 Å². The van der Waals surface area contributed by atoms with Gasteiger partial charge in [0.1, 0.15) is 0 Å². The van der Waals surface area contributed by atoms with E-state index in [4.69, 9.17) is 0 Å². The maximum Gasteiger partial charge on any atom is 0.215 e. The third-order valence-corrected chi connectivity index (χ3v) is 4.40. The van der Waals surface area contributed by atoms with E-state index in [0.717, 1.165) is 19.5 Å². The predicted octanol–water partition coefficient (Wildman–Crippen LogP) is -0.616. The van der Waals surface area contributed by atoms with Crippen molar-refractivity contribution in [3.8, 4) is 0 Å². The Morgan fingerprint density at radius 1 is 1.50 bits per heavy atom. The van der Waals surface area contributed by atoms with Crippen molar-refractivity contribution in [2.45, 2.75) is 18.9 Å². The maximum absolute atomic E-state index is 11.1. The van der Waals surface area contributed by atoms with E-state index < -0.39 is 10.0 Å². The zero-order chi connectivity index (χ0) is 8.60. The summed E-state index contributed by atoms with van der Waals surface area (Å²) >= 11 is 0. The second kappa shape index (κ2) is 2.97. The van der Waals surface area contributed by atoms with E-state index in [0.29, 0.717) is 18.3 Å². The summed E-state index contributed by atoms with van der Waals surface area (Å²) in [6, 6.07) is 0.403. The summed E-state index contributed by atoms with van der Waals surface area (Å²) in [6.45, 7) is 2.45. The van der Waals surface area contributed by atoms with Crippen molar-refractivity contribution in [2.75, 3.05) is 25.4 Å². The number of nitrogens with one attached hydrogen (secondary N) is 1. The van der Waals surface area contributed by atoms with Crippen molar-refractivity contribution in [1.82, 2.24) is 9.62 Å². The monoisotopic (exact) mass is 190 g/mol. The molecule has 2 heterocycles. The van der Waals surface area contributed by atoms with Gasteiger partial charge in [0.15, 0.2) is 0 Å². The third kappa shape index (κ3) is 1.48. The fourth-order valence-electron chi connectivity index (χ4n) is 1.73. The van der Waals surface area contributed by atoms with E-state index in [1.165, 1.54) is 6.42 Å². The number of hydrogen-bond donors (Lipinski definition) is 1. The first kappa shape index (κ1) is 8.47. The summed E-state index contributed by atoms with van der Waals surface area (Å²) in [6.07, 6.45) is 2.30. The van der Waals surface area contributed by atoms with E-state index in [-0.39, 0.29) is 0 Å². The normalized spacial score (nSPS) is 34.8. The van der Waals surface area contributed by atoms with Gasteiger partial charge in [-0.05, 0) is 19.4 Å². The van der Waals surface area contributed by atoms with E-state index >= 15 is 0 Å². The van der Waals surface area contributed by atoms with Gasteiger partial charge in [-0.15, -0.1) is 0 Å². The molecule has 70 valence electrons. The van der Waals surface area contributed by atoms with Gasteiger partial charge in [-0.3, -0.25) is 0 Å². The average molecular weight is 190 g/mol. The van der Waals surface area contributed by atoms with Gasteiger partial charge >= 0.3 is 0 Å². The van der Waals surface area contributed by atoms with Crippen LogP contribution in [0.4, 0.5) is 0 Å². The molecule has 4 nitrogen and oxygen atoms in total. The highest BCUT2D eigenvalue weighted by atomic mass is 32.2. The highest BCUT2D eigenvalue weighted by Crippen LogP contribution is 2.16. The van der Waals surface area contributed by atoms with Crippen LogP contribution in [0.5, 0.6) is 0 Å². The summed E-state index contributed by atoms with van der Waals surface area (Å²) in [4.78, 5) is 0. The van der Waals surface area contributed by atoms with E-state index in [1.54, 1.807) is 4.31 Å². The second-order valence-corrected chi connectivity index (χ2v) is 5.56. The lowest BCUT2D eigenvalue weighted by molar-refractivity contribution is 0.349. The Morgan fingerprint density at radius 2 is 2.33 bits per heavy atom. The lowest BCUT2D eigenvalue weighted by Crippen LogP contribution is -2.52. The van der Waals surface area contributed by atoms with Gasteiger partial charge in [0.2, 0.25) is 10.0 Å². The smallest absolute Gasteiger partial charge is 0.215 e. The molecule has 0 bridgehead atoms. The van der Waals surface area contributed by atoms with E-state index in [2.05, 4.69) is 5.32 Å². The molecule has 5 heteroatoms. The fraction of sp³-hybridized carbons (Fsp3) is 1.00. The molecule has 2 aliphatic rings. The highest BCUT2D eigenvalue weighted by molar-refractivity contribution is 7.90. The van der Waals surface area contributed by atoms with Gasteiger partial charge in [-0.2, -0.15) is 4.31 Å². The molecule has 2 saturated heterocycles. The molecule has 1 atom stereocenters. The Balaban J connectivity index is 1.87. The quantitative estimate of drug-likeness (QED) is 0.631. The van der Waals surface area contributed by atoms with Crippen LogP contribution in [-0.2, 0) is 10.0 Å². The van der Waals surface area contributed by atoms with E-state index in [9.17, 15) is 8.42 Å². The standard InChI is InChI=1S/C7H14N2O2S/c10-12(11)5-4-9(12)6-7-2-1-3-8-7/h7-8H,1-6H2/t7-/m0/s1. The highest BCUT2D eigenvalue weighted by Gasteiger charge is 2.34. The van der Waals surface area contributed by atoms with Crippen molar-refractivity contribution < 1.29 is 8.42 Å². The third-order valence-electron chi connectivity index (χ3n) is 2.58. The van der Waals surface area contributed by atoms with Crippen molar-refractivity contribution in [1.29, 1.82) is 0 Å². The minimum Gasteiger partial charge on any atom is -0.313 e. The number of nitrogens with zero attached hydrogens (tertiary/aromatic N) is 1. The lowest BCUT2D eigenvalue weighted by atomic mass is 10.2. The van der Waals surface area contributed by atoms with Crippen molar-refractivity contribution in [3.63, 3.8) is 0 Å². The van der Waals surface area contributed by atoms with Gasteiger partial charge in [0.25, 0.3) is 0 Å². The van der Waals surface area contributed by atoms with Crippen LogP contribution in [0.2, 0.25) is 0 Å². The summed E-state index contributed by atoms with van der Waals surface area (Å²) < 4.78 is 23.8. The van der Waals surface area contributed by atoms with Gasteiger partial charge < -0.3 is 5.32 Å². The Bertz CT molecular complexity index is 257. The van der Waals surface area contributed by atoms with Crippen LogP contribution >= 0.6 is 0 Å². The lowest BCUT2D eigenvalue weighted by Gasteiger charge is -2.32. The van der Waals surface area contributed by atoms with Crippen LogP contribution in [-0.4, -0.2) is 44.2 Å². The predicted molar refractivity (Wildman–Crippen MR) is 46.4 cm³/mol. The first-order valence-electron chi connectivity index (χ1n) is 4.40. The molecule has 12 heavy (non-hydrogen) atoms. The van der Waals surface area contributed by atoms with Crippen LogP contribution in [0, 0.1) is 0 Å². The summed E-state index contributed by atoms with van der Waals surface area (Å²) in [5.74, 6) is 0.347. The maximum atomic E-state index is 11.1. The topological polar surface area (TPSA) is 49.4 Å². The summed E-state index contributed by atoms with van der Waals surface area (Å²) in [5, 5.41) is 3.29. The SMILES string of the molecule is O=S1(=O)CCN1C[C@@H]1CCCN1. The molecule has 0 spiro atoms. The van der Waals surface area contributed by atoms with Gasteiger partial charge in [-0.1, -0.05) is 0 Å². The van der Waals surface area contributed by atoms with Crippen molar-refractivity contribution >= 4 is 10.0 Å². The molecule has 2 fully saturated rings. The molecule has 0 saturated carbocycles. The van der Waals surface area contributed by atoms with Crippen LogP contribution in [0.25, 0.3) is 0 Å². The zero-order valence-electron chi connectivity index (χ0n) is 6.99. The summed E-state index contributed by atoms with van der Waals surface area (Å²) in [7, 11) is -2.82. The first-order chi connectivity index (χ1) is 5.68. The minimum absolute atomic E-state index is 0.347. The minimum atomic E-state index is -2.82. The number of rotatable bonds is 2. The Kier molecular flexibility index (Phi) is 2.10. The van der Waals surface area contributed by atoms with Gasteiger partial charge in [-0.25, -0.2) is 8.42 Å². The van der Waals surface area contributed by atoms with Crippen LogP contribution < -0.4 is 5.32 Å². The fourth-order valence-corrected chi connectivity index (χ4v) is 2.88. The molecule has 0 aliphatic carbocycles. The molecule has 2 aliphatic heterocycles. The number of sulfonamides is 1. The molecule has 0 aromatic carbocycles. The van der Waals surface area contributed by atoms with Crippen LogP contribution in [0.3, 0.4) is 0 Å². The van der Waals surface area contributed by atoms with Crippen molar-refractivity contribution in [2.24, 2.45) is 0 Å². The molecular weight excluding hydrogens is 176 g/mol. The molecule has 0 amide bonds. The van der Waals surface area contributed by atoms with Gasteiger partial charge in [0, 0.05) is 19.1 Å². The van der Waals surface area contributed by atoms with E-state index in [1.807, 2.05) is 0 Å². The Hall–Kier alpha value is -0.130. The van der Waals surface area contributed by atoms with Gasteiger partial charge in [0.05, 0.1) is 5.75 Å². The Labute approximate surface area is 73.0 Å². The molecule has 0 unspecified atom stereocenters. The molecular formula is C7H14N2O2S. The number of hydrogen-bond acceptors (Lipinski definition) is 3. The Morgan fingerprint density at radius 3 is 2.75 bits per heavy atom. The second-order valence-electron chi connectivity index (χ2n) is 3.47. The van der Waals surface area contributed by atoms with Crippen LogP contribution in [0.1, 0.15) is 12.8 Å². The zero-order valence-corrected chi connectivity index (χ0v) is 7.81. The molecule has 0 radical (unpaired) electrons. The first-order valence-corrected chi connectivity index (χ1v) is 6.00. The largest absolute Gasteiger partial charge is 0.313 e.